The normalized spacial score (nSPS) is 24.6. The minimum absolute atomic E-state index is 0.136. The van der Waals surface area contributed by atoms with Gasteiger partial charge >= 0.3 is 0 Å². The van der Waals surface area contributed by atoms with Crippen molar-refractivity contribution in [2.24, 2.45) is 16.6 Å². The Morgan fingerprint density at radius 2 is 1.85 bits per heavy atom. The second-order valence-corrected chi connectivity index (χ2v) is 6.68. The Kier molecular flexibility index (Phi) is 4.69. The van der Waals surface area contributed by atoms with E-state index in [1.807, 2.05) is 4.90 Å². The van der Waals surface area contributed by atoms with E-state index in [-0.39, 0.29) is 11.3 Å². The number of rotatable bonds is 4. The molecule has 4 nitrogen and oxygen atoms in total. The Morgan fingerprint density at radius 3 is 2.30 bits per heavy atom. The number of carbonyl (C=O) groups excluding carboxylic acids is 1. The van der Waals surface area contributed by atoms with Crippen LogP contribution < -0.4 is 5.73 Å². The molecule has 20 heavy (non-hydrogen) atoms. The molecular formula is C15H26N2O2S. The average Bonchev–Trinajstić information content (AvgIpc) is 2.92. The molecule has 0 aromatic rings. The first-order valence-corrected chi connectivity index (χ1v) is 8.07. The molecule has 0 aliphatic carbocycles. The van der Waals surface area contributed by atoms with Crippen LogP contribution in [0.25, 0.3) is 0 Å². The van der Waals surface area contributed by atoms with Crippen LogP contribution in [0, 0.1) is 10.8 Å². The minimum atomic E-state index is -0.662. The molecule has 0 aromatic carbocycles. The van der Waals surface area contributed by atoms with E-state index in [4.69, 9.17) is 22.7 Å². The lowest BCUT2D eigenvalue weighted by molar-refractivity contribution is -0.141. The second kappa shape index (κ2) is 5.98. The second-order valence-electron chi connectivity index (χ2n) is 6.24. The Morgan fingerprint density at radius 1 is 1.25 bits per heavy atom. The zero-order valence-corrected chi connectivity index (χ0v) is 13.4. The minimum Gasteiger partial charge on any atom is -0.392 e. The van der Waals surface area contributed by atoms with E-state index in [0.29, 0.717) is 31.0 Å². The molecule has 2 aliphatic rings. The molecule has 0 bridgehead atoms. The number of hydrogen-bond donors (Lipinski definition) is 1. The highest BCUT2D eigenvalue weighted by molar-refractivity contribution is 7.80. The fraction of sp³-hybridized carbons (Fsp3) is 0.867. The van der Waals surface area contributed by atoms with E-state index in [9.17, 15) is 4.79 Å². The standard InChI is InChI=1S/C15H26N2O2S/c1-3-14(4-2)5-8-17(11-14)13(18)15(12(16)20)6-9-19-10-7-15/h3-11H2,1-2H3,(H2,16,20). The van der Waals surface area contributed by atoms with Crippen LogP contribution in [0.5, 0.6) is 0 Å². The number of amides is 1. The van der Waals surface area contributed by atoms with Crippen molar-refractivity contribution in [2.45, 2.75) is 46.0 Å². The van der Waals surface area contributed by atoms with Gasteiger partial charge in [0.25, 0.3) is 0 Å². The van der Waals surface area contributed by atoms with Crippen LogP contribution in [-0.4, -0.2) is 42.1 Å². The molecule has 2 N–H and O–H groups in total. The first-order chi connectivity index (χ1) is 9.49. The summed E-state index contributed by atoms with van der Waals surface area (Å²) in [7, 11) is 0. The third kappa shape index (κ3) is 2.58. The van der Waals surface area contributed by atoms with Gasteiger partial charge in [-0.15, -0.1) is 0 Å². The lowest BCUT2D eigenvalue weighted by Crippen LogP contribution is -2.53. The summed E-state index contributed by atoms with van der Waals surface area (Å²) < 4.78 is 5.39. The van der Waals surface area contributed by atoms with Crippen LogP contribution in [0.1, 0.15) is 46.0 Å². The molecule has 2 fully saturated rings. The molecule has 0 saturated carbocycles. The summed E-state index contributed by atoms with van der Waals surface area (Å²) in [5.41, 5.74) is 5.56. The van der Waals surface area contributed by atoms with Gasteiger partial charge in [-0.25, -0.2) is 0 Å². The molecule has 0 atom stereocenters. The van der Waals surface area contributed by atoms with Crippen molar-refractivity contribution in [2.75, 3.05) is 26.3 Å². The lowest BCUT2D eigenvalue weighted by Gasteiger charge is -2.38. The van der Waals surface area contributed by atoms with Gasteiger partial charge in [-0.3, -0.25) is 4.79 Å². The quantitative estimate of drug-likeness (QED) is 0.808. The molecule has 2 aliphatic heterocycles. The molecule has 0 aromatic heterocycles. The SMILES string of the molecule is CCC1(CC)CCN(C(=O)C2(C(N)=S)CCOCC2)C1. The Labute approximate surface area is 127 Å². The number of nitrogens with zero attached hydrogens (tertiary/aromatic N) is 1. The highest BCUT2D eigenvalue weighted by atomic mass is 32.1. The molecule has 2 rings (SSSR count). The number of nitrogens with two attached hydrogens (primary N) is 1. The predicted molar refractivity (Wildman–Crippen MR) is 83.5 cm³/mol. The lowest BCUT2D eigenvalue weighted by atomic mass is 9.78. The van der Waals surface area contributed by atoms with Gasteiger partial charge in [-0.1, -0.05) is 26.1 Å². The average molecular weight is 298 g/mol. The number of hydrogen-bond acceptors (Lipinski definition) is 3. The maximum atomic E-state index is 13.0. The van der Waals surface area contributed by atoms with Gasteiger partial charge < -0.3 is 15.4 Å². The van der Waals surface area contributed by atoms with Crippen molar-refractivity contribution in [1.29, 1.82) is 0 Å². The topological polar surface area (TPSA) is 55.6 Å². The van der Waals surface area contributed by atoms with Gasteiger partial charge in [0, 0.05) is 26.3 Å². The Balaban J connectivity index is 2.16. The zero-order chi connectivity index (χ0) is 14.8. The smallest absolute Gasteiger partial charge is 0.235 e. The van der Waals surface area contributed by atoms with Crippen molar-refractivity contribution in [3.8, 4) is 0 Å². The monoisotopic (exact) mass is 298 g/mol. The van der Waals surface area contributed by atoms with Crippen LogP contribution in [0.4, 0.5) is 0 Å². The molecule has 0 spiro atoms. The first-order valence-electron chi connectivity index (χ1n) is 7.67. The van der Waals surface area contributed by atoms with Crippen molar-refractivity contribution in [1.82, 2.24) is 4.90 Å². The van der Waals surface area contributed by atoms with E-state index >= 15 is 0 Å². The summed E-state index contributed by atoms with van der Waals surface area (Å²) >= 11 is 5.23. The third-order valence-electron chi connectivity index (χ3n) is 5.45. The van der Waals surface area contributed by atoms with Gasteiger partial charge in [-0.05, 0) is 37.5 Å². The van der Waals surface area contributed by atoms with Crippen LogP contribution in [0.15, 0.2) is 0 Å². The highest BCUT2D eigenvalue weighted by Crippen LogP contribution is 2.41. The van der Waals surface area contributed by atoms with Gasteiger partial charge in [0.2, 0.25) is 5.91 Å². The number of carbonyl (C=O) groups is 1. The van der Waals surface area contributed by atoms with E-state index in [1.165, 1.54) is 0 Å². The largest absolute Gasteiger partial charge is 0.392 e. The van der Waals surface area contributed by atoms with Crippen molar-refractivity contribution in [3.63, 3.8) is 0 Å². The van der Waals surface area contributed by atoms with E-state index in [2.05, 4.69) is 13.8 Å². The highest BCUT2D eigenvalue weighted by Gasteiger charge is 2.48. The molecule has 0 radical (unpaired) electrons. The van der Waals surface area contributed by atoms with Crippen LogP contribution in [-0.2, 0) is 9.53 Å². The summed E-state index contributed by atoms with van der Waals surface area (Å²) in [6, 6.07) is 0. The summed E-state index contributed by atoms with van der Waals surface area (Å²) in [5.74, 6) is 0.136. The van der Waals surface area contributed by atoms with Crippen molar-refractivity contribution in [3.05, 3.63) is 0 Å². The number of ether oxygens (including phenoxy) is 1. The van der Waals surface area contributed by atoms with Gasteiger partial charge in [0.1, 0.15) is 5.41 Å². The fourth-order valence-electron chi connectivity index (χ4n) is 3.52. The van der Waals surface area contributed by atoms with Crippen molar-refractivity contribution < 1.29 is 9.53 Å². The first kappa shape index (κ1) is 15.7. The van der Waals surface area contributed by atoms with Crippen molar-refractivity contribution >= 4 is 23.1 Å². The van der Waals surface area contributed by atoms with Gasteiger partial charge in [-0.2, -0.15) is 0 Å². The Hall–Kier alpha value is -0.680. The Bertz CT molecular complexity index is 387. The molecule has 5 heteroatoms. The summed E-state index contributed by atoms with van der Waals surface area (Å²) in [6.07, 6.45) is 4.59. The van der Waals surface area contributed by atoms with Crippen LogP contribution in [0.2, 0.25) is 0 Å². The predicted octanol–water partition coefficient (Wildman–Crippen LogP) is 2.11. The molecule has 0 unspecified atom stereocenters. The van der Waals surface area contributed by atoms with Crippen LogP contribution >= 0.6 is 12.2 Å². The molecule has 2 saturated heterocycles. The molecule has 2 heterocycles. The molecule has 114 valence electrons. The van der Waals surface area contributed by atoms with Crippen LogP contribution in [0.3, 0.4) is 0 Å². The number of likely N-dealkylation sites (tertiary alicyclic amines) is 1. The molecular weight excluding hydrogens is 272 g/mol. The van der Waals surface area contributed by atoms with E-state index in [0.717, 1.165) is 32.4 Å². The fourth-order valence-corrected chi connectivity index (χ4v) is 3.82. The van der Waals surface area contributed by atoms with E-state index in [1.54, 1.807) is 0 Å². The molecule has 1 amide bonds. The maximum absolute atomic E-state index is 13.0. The maximum Gasteiger partial charge on any atom is 0.235 e. The van der Waals surface area contributed by atoms with Gasteiger partial charge in [0.05, 0.1) is 4.99 Å². The summed E-state index contributed by atoms with van der Waals surface area (Å²) in [4.78, 5) is 15.3. The zero-order valence-electron chi connectivity index (χ0n) is 12.6. The number of thiocarbonyl (C=S) groups is 1. The summed E-state index contributed by atoms with van der Waals surface area (Å²) in [6.45, 7) is 7.27. The van der Waals surface area contributed by atoms with E-state index < -0.39 is 5.41 Å². The van der Waals surface area contributed by atoms with Gasteiger partial charge in [0.15, 0.2) is 0 Å². The third-order valence-corrected chi connectivity index (χ3v) is 5.84. The summed E-state index contributed by atoms with van der Waals surface area (Å²) in [5, 5.41) is 0.